The van der Waals surface area contributed by atoms with E-state index in [2.05, 4.69) is 0 Å². The minimum absolute atomic E-state index is 0.0326. The predicted octanol–water partition coefficient (Wildman–Crippen LogP) is 1.44. The number of carboxylic acid groups (broad SMARTS) is 1. The van der Waals surface area contributed by atoms with Gasteiger partial charge in [-0.25, -0.2) is 0 Å². The number of aryl methyl sites for hydroxylation is 1. The maximum absolute atomic E-state index is 11.1. The van der Waals surface area contributed by atoms with E-state index in [1.807, 2.05) is 37.1 Å². The molecule has 1 aromatic carbocycles. The maximum atomic E-state index is 11.1. The molecule has 0 aromatic heterocycles. The average molecular weight is 279 g/mol. The summed E-state index contributed by atoms with van der Waals surface area (Å²) in [4.78, 5) is 13.1. The highest BCUT2D eigenvalue weighted by atomic mass is 16.5. The average Bonchev–Trinajstić information content (AvgIpc) is 2.40. The van der Waals surface area contributed by atoms with Crippen LogP contribution >= 0.6 is 0 Å². The molecule has 0 aliphatic carbocycles. The molecular weight excluding hydrogens is 258 g/mol. The number of carboxylic acids is 1. The fraction of sp³-hybridized carbons (Fsp3) is 0.533. The molecule has 2 rings (SSSR count). The lowest BCUT2D eigenvalue weighted by atomic mass is 9.86. The van der Waals surface area contributed by atoms with E-state index in [0.717, 1.165) is 16.9 Å². The molecule has 110 valence electrons. The van der Waals surface area contributed by atoms with Gasteiger partial charge in [-0.3, -0.25) is 9.69 Å². The minimum Gasteiger partial charge on any atom is -0.496 e. The number of hydrogen-bond acceptors (Lipinski definition) is 4. The fourth-order valence-corrected chi connectivity index (χ4v) is 2.87. The van der Waals surface area contributed by atoms with Gasteiger partial charge in [0.1, 0.15) is 5.75 Å². The Morgan fingerprint density at radius 2 is 2.15 bits per heavy atom. The monoisotopic (exact) mass is 279 g/mol. The Morgan fingerprint density at radius 1 is 1.45 bits per heavy atom. The highest BCUT2D eigenvalue weighted by Gasteiger charge is 2.37. The van der Waals surface area contributed by atoms with Crippen molar-refractivity contribution in [2.75, 3.05) is 20.7 Å². The van der Waals surface area contributed by atoms with Crippen molar-refractivity contribution in [2.24, 2.45) is 5.92 Å². The molecule has 3 unspecified atom stereocenters. The Bertz CT molecular complexity index is 503. The number of piperidine rings is 1. The summed E-state index contributed by atoms with van der Waals surface area (Å²) in [6.07, 6.45) is -0.379. The van der Waals surface area contributed by atoms with Gasteiger partial charge in [-0.05, 0) is 37.6 Å². The number of aliphatic hydroxyl groups excluding tert-OH is 1. The van der Waals surface area contributed by atoms with E-state index < -0.39 is 18.0 Å². The second-order valence-corrected chi connectivity index (χ2v) is 5.43. The molecule has 2 N–H and O–H groups in total. The normalized spacial score (nSPS) is 27.3. The highest BCUT2D eigenvalue weighted by Crippen LogP contribution is 2.34. The summed E-state index contributed by atoms with van der Waals surface area (Å²) in [5, 5.41) is 19.1. The molecule has 1 aromatic rings. The van der Waals surface area contributed by atoms with Crippen LogP contribution in [0.4, 0.5) is 0 Å². The molecule has 1 aliphatic rings. The van der Waals surface area contributed by atoms with Crippen molar-refractivity contribution in [3.05, 3.63) is 29.3 Å². The standard InChI is InChI=1S/C15H21NO4/c1-9-6-10(4-5-14(9)20-3)12-7-13(17)11(15(18)19)8-16(12)2/h4-6,11-13,17H,7-8H2,1-3H3,(H,18,19). The molecular formula is C15H21NO4. The third kappa shape index (κ3) is 2.78. The van der Waals surface area contributed by atoms with Gasteiger partial charge < -0.3 is 14.9 Å². The molecule has 0 bridgehead atoms. The van der Waals surface area contributed by atoms with E-state index in [-0.39, 0.29) is 6.04 Å². The fourth-order valence-electron chi connectivity index (χ4n) is 2.87. The Balaban J connectivity index is 2.21. The largest absolute Gasteiger partial charge is 0.496 e. The number of rotatable bonds is 3. The summed E-state index contributed by atoms with van der Waals surface area (Å²) < 4.78 is 5.24. The zero-order valence-electron chi connectivity index (χ0n) is 12.0. The van der Waals surface area contributed by atoms with Crippen LogP contribution < -0.4 is 4.74 Å². The molecule has 0 spiro atoms. The van der Waals surface area contributed by atoms with Crippen LogP contribution in [0.2, 0.25) is 0 Å². The first kappa shape index (κ1) is 14.8. The third-order valence-electron chi connectivity index (χ3n) is 4.07. The SMILES string of the molecule is COc1ccc(C2CC(O)C(C(=O)O)CN2C)cc1C. The molecule has 0 radical (unpaired) electrons. The first-order chi connectivity index (χ1) is 9.43. The van der Waals surface area contributed by atoms with E-state index in [1.165, 1.54) is 0 Å². The number of aliphatic hydroxyl groups is 1. The molecule has 20 heavy (non-hydrogen) atoms. The van der Waals surface area contributed by atoms with Gasteiger partial charge in [-0.15, -0.1) is 0 Å². The van der Waals surface area contributed by atoms with E-state index in [0.29, 0.717) is 13.0 Å². The number of aliphatic carboxylic acids is 1. The quantitative estimate of drug-likeness (QED) is 0.876. The van der Waals surface area contributed by atoms with Crippen LogP contribution in [-0.2, 0) is 4.79 Å². The van der Waals surface area contributed by atoms with Gasteiger partial charge >= 0.3 is 5.97 Å². The molecule has 1 heterocycles. The lowest BCUT2D eigenvalue weighted by Gasteiger charge is -2.39. The molecule has 0 saturated carbocycles. The van der Waals surface area contributed by atoms with Crippen LogP contribution in [0.5, 0.6) is 5.75 Å². The van der Waals surface area contributed by atoms with Crippen molar-refractivity contribution in [3.63, 3.8) is 0 Å². The van der Waals surface area contributed by atoms with E-state index >= 15 is 0 Å². The van der Waals surface area contributed by atoms with Crippen LogP contribution in [0, 0.1) is 12.8 Å². The molecule has 5 heteroatoms. The first-order valence-electron chi connectivity index (χ1n) is 6.69. The van der Waals surface area contributed by atoms with Crippen LogP contribution in [0.3, 0.4) is 0 Å². The van der Waals surface area contributed by atoms with Crippen LogP contribution in [0.1, 0.15) is 23.6 Å². The van der Waals surface area contributed by atoms with Crippen molar-refractivity contribution < 1.29 is 19.7 Å². The smallest absolute Gasteiger partial charge is 0.310 e. The molecule has 5 nitrogen and oxygen atoms in total. The van der Waals surface area contributed by atoms with E-state index in [1.54, 1.807) is 7.11 Å². The second-order valence-electron chi connectivity index (χ2n) is 5.43. The molecule has 1 saturated heterocycles. The Morgan fingerprint density at radius 3 is 2.70 bits per heavy atom. The zero-order valence-corrected chi connectivity index (χ0v) is 12.0. The Hall–Kier alpha value is -1.59. The van der Waals surface area contributed by atoms with Crippen LogP contribution in [-0.4, -0.2) is 47.9 Å². The van der Waals surface area contributed by atoms with Gasteiger partial charge in [-0.2, -0.15) is 0 Å². The van der Waals surface area contributed by atoms with Crippen LogP contribution in [0.15, 0.2) is 18.2 Å². The zero-order chi connectivity index (χ0) is 14.9. The van der Waals surface area contributed by atoms with Crippen molar-refractivity contribution in [1.82, 2.24) is 4.90 Å². The minimum atomic E-state index is -0.936. The summed E-state index contributed by atoms with van der Waals surface area (Å²) in [7, 11) is 3.53. The van der Waals surface area contributed by atoms with Gasteiger partial charge in [0.25, 0.3) is 0 Å². The topological polar surface area (TPSA) is 70.0 Å². The first-order valence-corrected chi connectivity index (χ1v) is 6.69. The number of likely N-dealkylation sites (tertiary alicyclic amines) is 1. The lowest BCUT2D eigenvalue weighted by molar-refractivity contribution is -0.150. The number of methoxy groups -OCH3 is 1. The van der Waals surface area contributed by atoms with Crippen molar-refractivity contribution in [1.29, 1.82) is 0 Å². The van der Waals surface area contributed by atoms with Gasteiger partial charge in [0.2, 0.25) is 0 Å². The summed E-state index contributed by atoms with van der Waals surface area (Å²) in [5.74, 6) is -0.819. The van der Waals surface area contributed by atoms with E-state index in [9.17, 15) is 9.90 Å². The molecule has 3 atom stereocenters. The maximum Gasteiger partial charge on any atom is 0.310 e. The van der Waals surface area contributed by atoms with Crippen molar-refractivity contribution in [3.8, 4) is 5.75 Å². The summed E-state index contributed by atoms with van der Waals surface area (Å²) in [5.41, 5.74) is 2.11. The highest BCUT2D eigenvalue weighted by molar-refractivity contribution is 5.71. The molecule has 0 amide bonds. The van der Waals surface area contributed by atoms with Crippen molar-refractivity contribution in [2.45, 2.75) is 25.5 Å². The lowest BCUT2D eigenvalue weighted by Crippen LogP contribution is -2.46. The van der Waals surface area contributed by atoms with Gasteiger partial charge in [0.15, 0.2) is 0 Å². The predicted molar refractivity (Wildman–Crippen MR) is 74.9 cm³/mol. The summed E-state index contributed by atoms with van der Waals surface area (Å²) in [6.45, 7) is 2.33. The Labute approximate surface area is 118 Å². The number of benzene rings is 1. The Kier molecular flexibility index (Phi) is 4.30. The van der Waals surface area contributed by atoms with Crippen LogP contribution in [0.25, 0.3) is 0 Å². The number of nitrogens with zero attached hydrogens (tertiary/aromatic N) is 1. The van der Waals surface area contributed by atoms with Gasteiger partial charge in [0, 0.05) is 12.6 Å². The number of ether oxygens (including phenoxy) is 1. The summed E-state index contributed by atoms with van der Waals surface area (Å²) >= 11 is 0. The second kappa shape index (κ2) is 5.81. The van der Waals surface area contributed by atoms with Gasteiger partial charge in [-0.1, -0.05) is 12.1 Å². The molecule has 1 fully saturated rings. The number of hydrogen-bond donors (Lipinski definition) is 2. The number of carbonyl (C=O) groups is 1. The molecule has 1 aliphatic heterocycles. The van der Waals surface area contributed by atoms with E-state index in [4.69, 9.17) is 9.84 Å². The third-order valence-corrected chi connectivity index (χ3v) is 4.07. The van der Waals surface area contributed by atoms with Gasteiger partial charge in [0.05, 0.1) is 19.1 Å². The summed E-state index contributed by atoms with van der Waals surface area (Å²) in [6, 6.07) is 5.95. The van der Waals surface area contributed by atoms with Crippen molar-refractivity contribution >= 4 is 5.97 Å².